The highest BCUT2D eigenvalue weighted by Gasteiger charge is 2.32. The fourth-order valence-corrected chi connectivity index (χ4v) is 5.63. The molecule has 37 heavy (non-hydrogen) atoms. The van der Waals surface area contributed by atoms with Gasteiger partial charge >= 0.3 is 0 Å². The Morgan fingerprint density at radius 1 is 0.919 bits per heavy atom. The van der Waals surface area contributed by atoms with Gasteiger partial charge in [0.2, 0.25) is 15.9 Å². The molecule has 1 fully saturated rings. The maximum atomic E-state index is 13.7. The van der Waals surface area contributed by atoms with E-state index >= 15 is 0 Å². The lowest BCUT2D eigenvalue weighted by molar-refractivity contribution is -0.133. The highest BCUT2D eigenvalue weighted by molar-refractivity contribution is 7.89. The van der Waals surface area contributed by atoms with E-state index in [0.717, 1.165) is 17.0 Å². The number of sulfonamides is 1. The number of amides is 1. The lowest BCUT2D eigenvalue weighted by Crippen LogP contribution is -2.55. The average molecular weight is 524 g/mol. The standard InChI is InChI=1S/C28H33N3O5S/c1-3-36-23-13-15-24(16-14-23)37(33,34)29-25(21-22-9-5-4-6-10-22)28(32)31-19-17-30(18-20-31)26-11-7-8-12-27(26)35-2/h4-16,25,29H,3,17-21H2,1-2H3/t25-/m1/s1. The maximum absolute atomic E-state index is 13.7. The summed E-state index contributed by atoms with van der Waals surface area (Å²) < 4.78 is 40.1. The summed E-state index contributed by atoms with van der Waals surface area (Å²) in [4.78, 5) is 17.7. The largest absolute Gasteiger partial charge is 0.495 e. The zero-order valence-electron chi connectivity index (χ0n) is 21.2. The minimum atomic E-state index is -3.94. The molecule has 0 radical (unpaired) electrons. The molecule has 1 amide bonds. The van der Waals surface area contributed by atoms with E-state index < -0.39 is 16.1 Å². The molecule has 3 aromatic carbocycles. The molecule has 0 unspecified atom stereocenters. The zero-order valence-corrected chi connectivity index (χ0v) is 22.0. The first kappa shape index (κ1) is 26.5. The number of rotatable bonds is 10. The Morgan fingerprint density at radius 2 is 1.57 bits per heavy atom. The highest BCUT2D eigenvalue weighted by Crippen LogP contribution is 2.28. The highest BCUT2D eigenvalue weighted by atomic mass is 32.2. The van der Waals surface area contributed by atoms with Crippen molar-refractivity contribution in [2.75, 3.05) is 44.8 Å². The molecule has 3 aromatic rings. The predicted octanol–water partition coefficient (Wildman–Crippen LogP) is 3.33. The van der Waals surface area contributed by atoms with Gasteiger partial charge in [-0.15, -0.1) is 0 Å². The Labute approximate surface area is 218 Å². The van der Waals surface area contributed by atoms with Crippen LogP contribution in [0.3, 0.4) is 0 Å². The summed E-state index contributed by atoms with van der Waals surface area (Å²) in [6.07, 6.45) is 0.253. The number of para-hydroxylation sites is 2. The number of carbonyl (C=O) groups excluding carboxylic acids is 1. The van der Waals surface area contributed by atoms with Gasteiger partial charge in [-0.1, -0.05) is 42.5 Å². The van der Waals surface area contributed by atoms with Gasteiger partial charge in [-0.3, -0.25) is 4.79 Å². The molecule has 0 saturated carbocycles. The van der Waals surface area contributed by atoms with E-state index in [1.807, 2.05) is 61.5 Å². The van der Waals surface area contributed by atoms with Gasteiger partial charge in [0.15, 0.2) is 0 Å². The summed E-state index contributed by atoms with van der Waals surface area (Å²) in [6, 6.07) is 22.5. The first-order chi connectivity index (χ1) is 17.9. The monoisotopic (exact) mass is 523 g/mol. The molecule has 1 aliphatic rings. The minimum absolute atomic E-state index is 0.0859. The Morgan fingerprint density at radius 3 is 2.22 bits per heavy atom. The zero-order chi connectivity index (χ0) is 26.3. The normalized spacial score (nSPS) is 14.8. The summed E-state index contributed by atoms with van der Waals surface area (Å²) in [5.74, 6) is 1.14. The molecule has 1 N–H and O–H groups in total. The maximum Gasteiger partial charge on any atom is 0.241 e. The van der Waals surface area contributed by atoms with Crippen LogP contribution in [0.1, 0.15) is 12.5 Å². The lowest BCUT2D eigenvalue weighted by atomic mass is 10.1. The third-order valence-corrected chi connectivity index (χ3v) is 7.83. The lowest BCUT2D eigenvalue weighted by Gasteiger charge is -2.38. The van der Waals surface area contributed by atoms with Crippen molar-refractivity contribution in [3.05, 3.63) is 84.4 Å². The van der Waals surface area contributed by atoms with Crippen molar-refractivity contribution in [2.45, 2.75) is 24.3 Å². The van der Waals surface area contributed by atoms with Crippen LogP contribution < -0.4 is 19.1 Å². The average Bonchev–Trinajstić information content (AvgIpc) is 2.93. The van der Waals surface area contributed by atoms with Crippen LogP contribution in [0.2, 0.25) is 0 Å². The number of ether oxygens (including phenoxy) is 2. The van der Waals surface area contributed by atoms with Gasteiger partial charge < -0.3 is 19.3 Å². The molecule has 1 heterocycles. The number of nitrogens with zero attached hydrogens (tertiary/aromatic N) is 2. The summed E-state index contributed by atoms with van der Waals surface area (Å²) >= 11 is 0. The second-order valence-corrected chi connectivity index (χ2v) is 10.5. The molecule has 8 nitrogen and oxygen atoms in total. The van der Waals surface area contributed by atoms with Crippen molar-refractivity contribution < 1.29 is 22.7 Å². The van der Waals surface area contributed by atoms with Crippen molar-refractivity contribution in [3.63, 3.8) is 0 Å². The molecule has 0 bridgehead atoms. The number of piperazine rings is 1. The number of carbonyl (C=O) groups is 1. The molecule has 1 saturated heterocycles. The van der Waals surface area contributed by atoms with Gasteiger partial charge in [0, 0.05) is 26.2 Å². The molecular formula is C28H33N3O5S. The molecule has 1 atom stereocenters. The summed E-state index contributed by atoms with van der Waals surface area (Å²) in [5.41, 5.74) is 1.86. The van der Waals surface area contributed by atoms with E-state index in [9.17, 15) is 13.2 Å². The molecule has 1 aliphatic heterocycles. The fourth-order valence-electron chi connectivity index (χ4n) is 4.45. The van der Waals surface area contributed by atoms with Crippen LogP contribution >= 0.6 is 0 Å². The van der Waals surface area contributed by atoms with Gasteiger partial charge in [-0.2, -0.15) is 4.72 Å². The second kappa shape index (κ2) is 12.1. The number of anilines is 1. The Kier molecular flexibility index (Phi) is 8.68. The van der Waals surface area contributed by atoms with E-state index in [-0.39, 0.29) is 17.2 Å². The molecule has 0 aromatic heterocycles. The number of benzene rings is 3. The Balaban J connectivity index is 1.50. The van der Waals surface area contributed by atoms with Crippen LogP contribution in [0.5, 0.6) is 11.5 Å². The van der Waals surface area contributed by atoms with E-state index in [4.69, 9.17) is 9.47 Å². The summed E-state index contributed by atoms with van der Waals surface area (Å²) in [6.45, 7) is 4.55. The van der Waals surface area contributed by atoms with Crippen molar-refractivity contribution in [1.29, 1.82) is 0 Å². The van der Waals surface area contributed by atoms with Crippen molar-refractivity contribution in [2.24, 2.45) is 0 Å². The molecule has 0 aliphatic carbocycles. The molecule has 196 valence electrons. The van der Waals surface area contributed by atoms with Crippen LogP contribution in [0.25, 0.3) is 0 Å². The first-order valence-corrected chi connectivity index (χ1v) is 13.9. The van der Waals surface area contributed by atoms with Gasteiger partial charge in [-0.05, 0) is 55.3 Å². The third-order valence-electron chi connectivity index (χ3n) is 6.34. The van der Waals surface area contributed by atoms with E-state index in [0.29, 0.717) is 38.5 Å². The predicted molar refractivity (Wildman–Crippen MR) is 144 cm³/mol. The molecular weight excluding hydrogens is 490 g/mol. The van der Waals surface area contributed by atoms with Crippen LogP contribution in [-0.4, -0.2) is 65.2 Å². The number of hydrogen-bond donors (Lipinski definition) is 1. The molecule has 0 spiro atoms. The van der Waals surface area contributed by atoms with Crippen molar-refractivity contribution in [1.82, 2.24) is 9.62 Å². The van der Waals surface area contributed by atoms with E-state index in [1.165, 1.54) is 12.1 Å². The third kappa shape index (κ3) is 6.61. The van der Waals surface area contributed by atoms with Gasteiger partial charge in [0.1, 0.15) is 17.5 Å². The molecule has 9 heteroatoms. The van der Waals surface area contributed by atoms with Crippen LogP contribution in [0.15, 0.2) is 83.8 Å². The van der Waals surface area contributed by atoms with Gasteiger partial charge in [0.05, 0.1) is 24.3 Å². The van der Waals surface area contributed by atoms with E-state index in [1.54, 1.807) is 24.1 Å². The van der Waals surface area contributed by atoms with Gasteiger partial charge in [-0.25, -0.2) is 8.42 Å². The van der Waals surface area contributed by atoms with Crippen LogP contribution in [-0.2, 0) is 21.2 Å². The number of nitrogens with one attached hydrogen (secondary N) is 1. The topological polar surface area (TPSA) is 88.2 Å². The van der Waals surface area contributed by atoms with Crippen molar-refractivity contribution >= 4 is 21.6 Å². The second-order valence-electron chi connectivity index (χ2n) is 8.75. The van der Waals surface area contributed by atoms with Crippen LogP contribution in [0.4, 0.5) is 5.69 Å². The van der Waals surface area contributed by atoms with Crippen molar-refractivity contribution in [3.8, 4) is 11.5 Å². The Bertz CT molecular complexity index is 1270. The van der Waals surface area contributed by atoms with E-state index in [2.05, 4.69) is 9.62 Å². The smallest absolute Gasteiger partial charge is 0.241 e. The van der Waals surface area contributed by atoms with Crippen LogP contribution in [0, 0.1) is 0 Å². The van der Waals surface area contributed by atoms with Gasteiger partial charge in [0.25, 0.3) is 0 Å². The number of hydrogen-bond acceptors (Lipinski definition) is 6. The summed E-state index contributed by atoms with van der Waals surface area (Å²) in [7, 11) is -2.30. The fraction of sp³-hybridized carbons (Fsp3) is 0.321. The Hall–Kier alpha value is -3.56. The molecule has 4 rings (SSSR count). The minimum Gasteiger partial charge on any atom is -0.495 e. The summed E-state index contributed by atoms with van der Waals surface area (Å²) in [5, 5.41) is 0. The first-order valence-electron chi connectivity index (χ1n) is 12.4. The number of methoxy groups -OCH3 is 1. The SMILES string of the molecule is CCOc1ccc(S(=O)(=O)N[C@H](Cc2ccccc2)C(=O)N2CCN(c3ccccc3OC)CC2)cc1. The quantitative estimate of drug-likeness (QED) is 0.439.